The van der Waals surface area contributed by atoms with Gasteiger partial charge in [-0.1, -0.05) is 18.6 Å². The molecule has 1 saturated heterocycles. The number of para-hydroxylation sites is 1. The minimum atomic E-state index is -3.93. The normalized spacial score (nSPS) is 20.3. The molecular formula is C13H18N2O5S. The van der Waals surface area contributed by atoms with Gasteiger partial charge in [0.25, 0.3) is 5.69 Å². The highest BCUT2D eigenvalue weighted by molar-refractivity contribution is 7.89. The summed E-state index contributed by atoms with van der Waals surface area (Å²) in [5, 5.41) is 20.1. The van der Waals surface area contributed by atoms with Gasteiger partial charge >= 0.3 is 0 Å². The van der Waals surface area contributed by atoms with Crippen LogP contribution in [0, 0.1) is 10.1 Å². The molecule has 1 atom stereocenters. The van der Waals surface area contributed by atoms with E-state index >= 15 is 0 Å². The van der Waals surface area contributed by atoms with Gasteiger partial charge in [-0.05, 0) is 25.3 Å². The van der Waals surface area contributed by atoms with Crippen molar-refractivity contribution in [2.45, 2.75) is 36.6 Å². The van der Waals surface area contributed by atoms with Crippen molar-refractivity contribution in [3.63, 3.8) is 0 Å². The van der Waals surface area contributed by atoms with E-state index in [1.165, 1.54) is 28.6 Å². The molecule has 1 aliphatic rings. The van der Waals surface area contributed by atoms with Crippen LogP contribution in [0.2, 0.25) is 0 Å². The maximum Gasteiger partial charge on any atom is 0.289 e. The summed E-state index contributed by atoms with van der Waals surface area (Å²) in [6, 6.07) is 5.08. The lowest BCUT2D eigenvalue weighted by atomic mass is 10.0. The van der Waals surface area contributed by atoms with Gasteiger partial charge in [0, 0.05) is 25.3 Å². The molecule has 21 heavy (non-hydrogen) atoms. The van der Waals surface area contributed by atoms with Crippen LogP contribution in [0.25, 0.3) is 0 Å². The molecular weight excluding hydrogens is 296 g/mol. The first-order valence-corrected chi connectivity index (χ1v) is 8.28. The summed E-state index contributed by atoms with van der Waals surface area (Å²) in [7, 11) is -3.93. The summed E-state index contributed by atoms with van der Waals surface area (Å²) in [4.78, 5) is 10.1. The summed E-state index contributed by atoms with van der Waals surface area (Å²) in [5.41, 5.74) is -0.411. The zero-order chi connectivity index (χ0) is 15.5. The van der Waals surface area contributed by atoms with Crippen LogP contribution in [-0.4, -0.2) is 41.9 Å². The van der Waals surface area contributed by atoms with Crippen molar-refractivity contribution >= 4 is 15.7 Å². The first kappa shape index (κ1) is 15.9. The van der Waals surface area contributed by atoms with Crippen molar-refractivity contribution in [3.8, 4) is 0 Å². The van der Waals surface area contributed by atoms with E-state index in [9.17, 15) is 18.5 Å². The van der Waals surface area contributed by atoms with E-state index in [4.69, 9.17) is 5.11 Å². The number of nitro groups is 1. The quantitative estimate of drug-likeness (QED) is 0.656. The van der Waals surface area contributed by atoms with Gasteiger partial charge in [-0.3, -0.25) is 10.1 Å². The second kappa shape index (κ2) is 6.50. The van der Waals surface area contributed by atoms with E-state index in [2.05, 4.69) is 0 Å². The van der Waals surface area contributed by atoms with Crippen LogP contribution >= 0.6 is 0 Å². The van der Waals surface area contributed by atoms with Crippen LogP contribution in [-0.2, 0) is 10.0 Å². The number of nitrogens with zero attached hydrogens (tertiary/aromatic N) is 2. The number of sulfonamides is 1. The summed E-state index contributed by atoms with van der Waals surface area (Å²) in [6.07, 6.45) is 2.63. The molecule has 0 aliphatic carbocycles. The van der Waals surface area contributed by atoms with Crippen molar-refractivity contribution in [2.75, 3.05) is 13.2 Å². The van der Waals surface area contributed by atoms with Gasteiger partial charge in [0.05, 0.1) is 4.92 Å². The van der Waals surface area contributed by atoms with Gasteiger partial charge in [-0.25, -0.2) is 8.42 Å². The zero-order valence-corrected chi connectivity index (χ0v) is 12.3. The summed E-state index contributed by atoms with van der Waals surface area (Å²) in [5.74, 6) is 0. The molecule has 1 aromatic rings. The van der Waals surface area contributed by atoms with Gasteiger partial charge in [-0.2, -0.15) is 4.31 Å². The van der Waals surface area contributed by atoms with Gasteiger partial charge in [0.15, 0.2) is 4.90 Å². The molecule has 0 saturated carbocycles. The zero-order valence-electron chi connectivity index (χ0n) is 11.5. The van der Waals surface area contributed by atoms with E-state index in [-0.39, 0.29) is 17.5 Å². The van der Waals surface area contributed by atoms with E-state index in [0.717, 1.165) is 12.8 Å². The fraction of sp³-hybridized carbons (Fsp3) is 0.538. The van der Waals surface area contributed by atoms with Crippen LogP contribution in [0.1, 0.15) is 25.7 Å². The fourth-order valence-corrected chi connectivity index (χ4v) is 4.56. The lowest BCUT2D eigenvalue weighted by Gasteiger charge is -2.34. The van der Waals surface area contributed by atoms with Crippen LogP contribution < -0.4 is 0 Å². The van der Waals surface area contributed by atoms with E-state index < -0.39 is 20.6 Å². The van der Waals surface area contributed by atoms with Crippen LogP contribution in [0.15, 0.2) is 29.2 Å². The second-order valence-electron chi connectivity index (χ2n) is 5.00. The number of aliphatic hydroxyl groups is 1. The Labute approximate surface area is 123 Å². The summed E-state index contributed by atoms with van der Waals surface area (Å²) in [6.45, 7) is 0.229. The maximum absolute atomic E-state index is 12.7. The molecule has 1 heterocycles. The topological polar surface area (TPSA) is 101 Å². The van der Waals surface area contributed by atoms with E-state index in [1.54, 1.807) is 0 Å². The highest BCUT2D eigenvalue weighted by atomic mass is 32.2. The molecule has 2 rings (SSSR count). The highest BCUT2D eigenvalue weighted by Crippen LogP contribution is 2.31. The molecule has 8 heteroatoms. The lowest BCUT2D eigenvalue weighted by molar-refractivity contribution is -0.387. The Bertz CT molecular complexity index is 615. The monoisotopic (exact) mass is 314 g/mol. The number of hydrogen-bond acceptors (Lipinski definition) is 5. The first-order chi connectivity index (χ1) is 9.98. The van der Waals surface area contributed by atoms with Crippen LogP contribution in [0.3, 0.4) is 0 Å². The smallest absolute Gasteiger partial charge is 0.289 e. The molecule has 116 valence electrons. The predicted molar refractivity (Wildman–Crippen MR) is 76.3 cm³/mol. The van der Waals surface area contributed by atoms with Crippen molar-refractivity contribution in [1.29, 1.82) is 0 Å². The Hall–Kier alpha value is -1.51. The number of rotatable bonds is 5. The third-order valence-corrected chi connectivity index (χ3v) is 5.68. The van der Waals surface area contributed by atoms with Gasteiger partial charge in [-0.15, -0.1) is 0 Å². The Kier molecular flexibility index (Phi) is 4.92. The number of hydrogen-bond donors (Lipinski definition) is 1. The average molecular weight is 314 g/mol. The molecule has 0 radical (unpaired) electrons. The fourth-order valence-electron chi connectivity index (χ4n) is 2.68. The van der Waals surface area contributed by atoms with Gasteiger partial charge in [0.2, 0.25) is 10.0 Å². The summed E-state index contributed by atoms with van der Waals surface area (Å²) < 4.78 is 26.8. The number of piperidine rings is 1. The van der Waals surface area contributed by atoms with E-state index in [1.807, 2.05) is 0 Å². The largest absolute Gasteiger partial charge is 0.396 e. The van der Waals surface area contributed by atoms with Crippen molar-refractivity contribution in [3.05, 3.63) is 34.4 Å². The molecule has 1 N–H and O–H groups in total. The number of benzene rings is 1. The number of nitro benzene ring substituents is 1. The highest BCUT2D eigenvalue weighted by Gasteiger charge is 2.36. The molecule has 1 unspecified atom stereocenters. The SMILES string of the molecule is O=[N+]([O-])c1ccccc1S(=O)(=O)N1CCCCC1CCO. The minimum absolute atomic E-state index is 0.104. The minimum Gasteiger partial charge on any atom is -0.396 e. The number of aliphatic hydroxyl groups excluding tert-OH is 1. The molecule has 0 bridgehead atoms. The third-order valence-electron chi connectivity index (χ3n) is 3.68. The Morgan fingerprint density at radius 2 is 2.05 bits per heavy atom. The molecule has 7 nitrogen and oxygen atoms in total. The van der Waals surface area contributed by atoms with Crippen molar-refractivity contribution in [2.24, 2.45) is 0 Å². The molecule has 1 fully saturated rings. The molecule has 0 spiro atoms. The maximum atomic E-state index is 12.7. The Balaban J connectivity index is 2.43. The Morgan fingerprint density at radius 3 is 2.71 bits per heavy atom. The predicted octanol–water partition coefficient (Wildman–Crippen LogP) is 1.52. The average Bonchev–Trinajstić information content (AvgIpc) is 2.48. The molecule has 0 amide bonds. The van der Waals surface area contributed by atoms with E-state index in [0.29, 0.717) is 19.4 Å². The van der Waals surface area contributed by atoms with Gasteiger partial charge in [0.1, 0.15) is 0 Å². The second-order valence-corrected chi connectivity index (χ2v) is 6.86. The molecule has 1 aliphatic heterocycles. The van der Waals surface area contributed by atoms with Crippen molar-refractivity contribution < 1.29 is 18.4 Å². The summed E-state index contributed by atoms with van der Waals surface area (Å²) >= 11 is 0. The third kappa shape index (κ3) is 3.22. The Morgan fingerprint density at radius 1 is 1.33 bits per heavy atom. The van der Waals surface area contributed by atoms with Gasteiger partial charge < -0.3 is 5.11 Å². The lowest BCUT2D eigenvalue weighted by Crippen LogP contribution is -2.44. The first-order valence-electron chi connectivity index (χ1n) is 6.84. The standard InChI is InChI=1S/C13H18N2O5S/c16-10-8-11-5-3-4-9-14(11)21(19,20)13-7-2-1-6-12(13)15(17)18/h1-2,6-7,11,16H,3-5,8-10H2. The van der Waals surface area contributed by atoms with Crippen LogP contribution in [0.4, 0.5) is 5.69 Å². The van der Waals surface area contributed by atoms with Crippen LogP contribution in [0.5, 0.6) is 0 Å². The van der Waals surface area contributed by atoms with Crippen molar-refractivity contribution in [1.82, 2.24) is 4.31 Å². The molecule has 0 aromatic heterocycles. The molecule has 1 aromatic carbocycles.